The maximum atomic E-state index is 11.7. The quantitative estimate of drug-likeness (QED) is 0.789. The lowest BCUT2D eigenvalue weighted by molar-refractivity contribution is -0.116. The van der Waals surface area contributed by atoms with Crippen molar-refractivity contribution in [2.24, 2.45) is 0 Å². The van der Waals surface area contributed by atoms with Gasteiger partial charge in [-0.25, -0.2) is 0 Å². The fourth-order valence-corrected chi connectivity index (χ4v) is 1.97. The summed E-state index contributed by atoms with van der Waals surface area (Å²) in [5.74, 6) is 0.297. The van der Waals surface area contributed by atoms with Gasteiger partial charge in [0.1, 0.15) is 0 Å². The van der Waals surface area contributed by atoms with Gasteiger partial charge in [0.2, 0.25) is 11.8 Å². The lowest BCUT2D eigenvalue weighted by Crippen LogP contribution is -2.16. The summed E-state index contributed by atoms with van der Waals surface area (Å²) < 4.78 is 0. The SMILES string of the molecule is CCC(=O)Nc1cccc(NC(=O)CSCC#N)c1C. The molecule has 0 unspecified atom stereocenters. The Hall–Kier alpha value is -2.00. The highest BCUT2D eigenvalue weighted by Crippen LogP contribution is 2.23. The van der Waals surface area contributed by atoms with Gasteiger partial charge in [0.15, 0.2) is 0 Å². The average molecular weight is 291 g/mol. The number of nitrogens with zero attached hydrogens (tertiary/aromatic N) is 1. The van der Waals surface area contributed by atoms with E-state index >= 15 is 0 Å². The third-order valence-electron chi connectivity index (χ3n) is 2.60. The number of rotatable bonds is 6. The molecular formula is C14H17N3O2S. The van der Waals surface area contributed by atoms with E-state index in [4.69, 9.17) is 5.26 Å². The highest BCUT2D eigenvalue weighted by molar-refractivity contribution is 8.00. The van der Waals surface area contributed by atoms with E-state index < -0.39 is 0 Å². The number of carbonyl (C=O) groups excluding carboxylic acids is 2. The standard InChI is InChI=1S/C14H17N3O2S/c1-3-13(18)16-11-5-4-6-12(10(11)2)17-14(19)9-20-8-7-15/h4-6H,3,8-9H2,1-2H3,(H,16,18)(H,17,19). The molecule has 2 amide bonds. The van der Waals surface area contributed by atoms with Crippen LogP contribution in [0.5, 0.6) is 0 Å². The van der Waals surface area contributed by atoms with Crippen LogP contribution in [-0.2, 0) is 9.59 Å². The Kier molecular flexibility index (Phi) is 6.60. The molecule has 0 aliphatic heterocycles. The highest BCUT2D eigenvalue weighted by atomic mass is 32.2. The number of nitrogens with one attached hydrogen (secondary N) is 2. The normalized spacial score (nSPS) is 9.65. The number of hydrogen-bond donors (Lipinski definition) is 2. The minimum absolute atomic E-state index is 0.0684. The van der Waals surface area contributed by atoms with Crippen molar-refractivity contribution < 1.29 is 9.59 Å². The molecule has 0 atom stereocenters. The molecule has 0 saturated carbocycles. The second-order valence-electron chi connectivity index (χ2n) is 4.08. The second kappa shape index (κ2) is 8.23. The van der Waals surface area contributed by atoms with E-state index in [0.717, 1.165) is 5.56 Å². The summed E-state index contributed by atoms with van der Waals surface area (Å²) in [6.07, 6.45) is 0.404. The summed E-state index contributed by atoms with van der Waals surface area (Å²) in [4.78, 5) is 23.1. The molecule has 0 spiro atoms. The first-order valence-corrected chi connectivity index (χ1v) is 7.38. The van der Waals surface area contributed by atoms with Gasteiger partial charge in [-0.05, 0) is 24.6 Å². The van der Waals surface area contributed by atoms with Gasteiger partial charge in [-0.3, -0.25) is 9.59 Å². The summed E-state index contributed by atoms with van der Waals surface area (Å²) in [7, 11) is 0. The van der Waals surface area contributed by atoms with Crippen LogP contribution in [0, 0.1) is 18.3 Å². The number of thioether (sulfide) groups is 1. The first-order valence-electron chi connectivity index (χ1n) is 6.22. The molecule has 1 aromatic rings. The van der Waals surface area contributed by atoms with Crippen LogP contribution >= 0.6 is 11.8 Å². The number of amides is 2. The predicted octanol–water partition coefficient (Wildman–Crippen LogP) is 2.54. The van der Waals surface area contributed by atoms with Gasteiger partial charge < -0.3 is 10.6 Å². The molecule has 0 bridgehead atoms. The molecule has 2 N–H and O–H groups in total. The van der Waals surface area contributed by atoms with E-state index in [9.17, 15) is 9.59 Å². The molecule has 0 saturated heterocycles. The van der Waals surface area contributed by atoms with Gasteiger partial charge in [-0.1, -0.05) is 13.0 Å². The predicted molar refractivity (Wildman–Crippen MR) is 81.7 cm³/mol. The van der Waals surface area contributed by atoms with Gasteiger partial charge in [-0.2, -0.15) is 5.26 Å². The summed E-state index contributed by atoms with van der Waals surface area (Å²) in [6, 6.07) is 7.32. The maximum Gasteiger partial charge on any atom is 0.234 e. The van der Waals surface area contributed by atoms with Crippen LogP contribution in [0.15, 0.2) is 18.2 Å². The largest absolute Gasteiger partial charge is 0.326 e. The van der Waals surface area contributed by atoms with Crippen molar-refractivity contribution >= 4 is 35.0 Å². The third kappa shape index (κ3) is 4.94. The summed E-state index contributed by atoms with van der Waals surface area (Å²) >= 11 is 1.26. The Bertz CT molecular complexity index is 538. The van der Waals surface area contributed by atoms with Crippen LogP contribution in [0.4, 0.5) is 11.4 Å². The first kappa shape index (κ1) is 16.1. The average Bonchev–Trinajstić information content (AvgIpc) is 2.43. The van der Waals surface area contributed by atoms with Crippen LogP contribution in [0.1, 0.15) is 18.9 Å². The first-order chi connectivity index (χ1) is 9.58. The highest BCUT2D eigenvalue weighted by Gasteiger charge is 2.09. The van der Waals surface area contributed by atoms with Gasteiger partial charge in [0, 0.05) is 17.8 Å². The van der Waals surface area contributed by atoms with Crippen molar-refractivity contribution in [2.45, 2.75) is 20.3 Å². The zero-order valence-electron chi connectivity index (χ0n) is 11.5. The minimum Gasteiger partial charge on any atom is -0.326 e. The Morgan fingerprint density at radius 2 is 1.85 bits per heavy atom. The molecule has 1 rings (SSSR count). The van der Waals surface area contributed by atoms with Crippen LogP contribution in [0.25, 0.3) is 0 Å². The fraction of sp³-hybridized carbons (Fsp3) is 0.357. The molecule has 0 heterocycles. The zero-order chi connectivity index (χ0) is 15.0. The minimum atomic E-state index is -0.160. The van der Waals surface area contributed by atoms with Gasteiger partial charge in [0.05, 0.1) is 17.6 Å². The van der Waals surface area contributed by atoms with E-state index in [1.54, 1.807) is 25.1 Å². The smallest absolute Gasteiger partial charge is 0.234 e. The molecule has 20 heavy (non-hydrogen) atoms. The molecule has 106 valence electrons. The van der Waals surface area contributed by atoms with E-state index in [1.165, 1.54) is 11.8 Å². The number of nitriles is 1. The maximum absolute atomic E-state index is 11.7. The van der Waals surface area contributed by atoms with E-state index in [-0.39, 0.29) is 17.6 Å². The Morgan fingerprint density at radius 1 is 1.25 bits per heavy atom. The number of anilines is 2. The van der Waals surface area contributed by atoms with E-state index in [1.807, 2.05) is 13.0 Å². The number of carbonyl (C=O) groups is 2. The van der Waals surface area contributed by atoms with Gasteiger partial charge >= 0.3 is 0 Å². The third-order valence-corrected chi connectivity index (χ3v) is 3.40. The van der Waals surface area contributed by atoms with Crippen LogP contribution in [0.3, 0.4) is 0 Å². The summed E-state index contributed by atoms with van der Waals surface area (Å²) in [5.41, 5.74) is 2.17. The fourth-order valence-electron chi connectivity index (χ4n) is 1.52. The molecule has 0 aromatic heterocycles. The van der Waals surface area contributed by atoms with Crippen molar-refractivity contribution in [1.82, 2.24) is 0 Å². The van der Waals surface area contributed by atoms with Gasteiger partial charge in [0.25, 0.3) is 0 Å². The molecule has 6 heteroatoms. The number of hydrogen-bond acceptors (Lipinski definition) is 4. The Balaban J connectivity index is 2.71. The van der Waals surface area contributed by atoms with Crippen molar-refractivity contribution in [3.05, 3.63) is 23.8 Å². The van der Waals surface area contributed by atoms with Crippen molar-refractivity contribution in [1.29, 1.82) is 5.26 Å². The lowest BCUT2D eigenvalue weighted by Gasteiger charge is -2.13. The van der Waals surface area contributed by atoms with Crippen molar-refractivity contribution in [3.63, 3.8) is 0 Å². The van der Waals surface area contributed by atoms with Crippen molar-refractivity contribution in [2.75, 3.05) is 22.1 Å². The Labute approximate surface area is 122 Å². The van der Waals surface area contributed by atoms with Crippen LogP contribution in [-0.4, -0.2) is 23.3 Å². The second-order valence-corrected chi connectivity index (χ2v) is 5.06. The van der Waals surface area contributed by atoms with E-state index in [0.29, 0.717) is 23.5 Å². The molecule has 0 aliphatic carbocycles. The van der Waals surface area contributed by atoms with Crippen LogP contribution in [0.2, 0.25) is 0 Å². The molecule has 0 radical (unpaired) electrons. The molecule has 0 fully saturated rings. The molecule has 5 nitrogen and oxygen atoms in total. The van der Waals surface area contributed by atoms with Gasteiger partial charge in [-0.15, -0.1) is 11.8 Å². The summed E-state index contributed by atoms with van der Waals surface area (Å²) in [6.45, 7) is 3.62. The van der Waals surface area contributed by atoms with E-state index in [2.05, 4.69) is 10.6 Å². The molecule has 1 aromatic carbocycles. The van der Waals surface area contributed by atoms with Crippen LogP contribution < -0.4 is 10.6 Å². The Morgan fingerprint density at radius 3 is 2.40 bits per heavy atom. The molecule has 0 aliphatic rings. The monoisotopic (exact) mass is 291 g/mol. The molecular weight excluding hydrogens is 274 g/mol. The summed E-state index contributed by atoms with van der Waals surface area (Å²) in [5, 5.41) is 14.0. The topological polar surface area (TPSA) is 82.0 Å². The lowest BCUT2D eigenvalue weighted by atomic mass is 10.1. The zero-order valence-corrected chi connectivity index (χ0v) is 12.3. The van der Waals surface area contributed by atoms with Crippen molar-refractivity contribution in [3.8, 4) is 6.07 Å². The number of benzene rings is 1.